The van der Waals surface area contributed by atoms with E-state index in [1.165, 1.54) is 29.7 Å². The van der Waals surface area contributed by atoms with Gasteiger partial charge in [-0.3, -0.25) is 19.8 Å². The van der Waals surface area contributed by atoms with Crippen molar-refractivity contribution in [3.8, 4) is 5.75 Å². The minimum atomic E-state index is -5.38. The fourth-order valence-corrected chi connectivity index (χ4v) is 5.15. The van der Waals surface area contributed by atoms with Gasteiger partial charge >= 0.3 is 12.1 Å². The second-order valence-electron chi connectivity index (χ2n) is 10.1. The molecule has 0 saturated heterocycles. The van der Waals surface area contributed by atoms with E-state index in [1.807, 2.05) is 37.3 Å². The third-order valence-corrected chi connectivity index (χ3v) is 7.10. The van der Waals surface area contributed by atoms with Crippen LogP contribution in [0.5, 0.6) is 5.75 Å². The van der Waals surface area contributed by atoms with Crippen LogP contribution in [0.15, 0.2) is 54.6 Å². The fraction of sp³-hybridized carbons (Fsp3) is 0.379. The molecule has 3 aromatic rings. The summed E-state index contributed by atoms with van der Waals surface area (Å²) in [7, 11) is 0. The predicted octanol–water partition coefficient (Wildman–Crippen LogP) is 5.57. The van der Waals surface area contributed by atoms with E-state index in [9.17, 15) is 27.6 Å². The summed E-state index contributed by atoms with van der Waals surface area (Å²) in [6.45, 7) is 2.07. The standard InChI is InChI=1S/C29H30F3N3O6/c1-19-16-21(23-8-4-5-9-24(23)33-19)18-40-22-12-10-20(11-13-22)26(37)35(41-27(38)29(30,31)32)28(17-25(36)34-39)14-6-2-3-7-15-28/h4-5,8-13,16,39H,2-3,6-7,14-15,17-18H2,1H3,(H,34,36). The number of hydroxylamine groups is 3. The minimum Gasteiger partial charge on any atom is -0.489 e. The van der Waals surface area contributed by atoms with Gasteiger partial charge in [0.15, 0.2) is 0 Å². The second kappa shape index (κ2) is 12.5. The molecule has 2 aromatic carbocycles. The maximum absolute atomic E-state index is 13.6. The van der Waals surface area contributed by atoms with E-state index in [4.69, 9.17) is 9.94 Å². The number of aryl methyl sites for hydroxylation is 1. The van der Waals surface area contributed by atoms with Crippen LogP contribution in [0.2, 0.25) is 0 Å². The Morgan fingerprint density at radius 2 is 1.68 bits per heavy atom. The number of benzene rings is 2. The summed E-state index contributed by atoms with van der Waals surface area (Å²) >= 11 is 0. The average Bonchev–Trinajstić information content (AvgIpc) is 3.19. The molecule has 0 unspecified atom stereocenters. The Morgan fingerprint density at radius 3 is 2.32 bits per heavy atom. The third-order valence-electron chi connectivity index (χ3n) is 7.10. The highest BCUT2D eigenvalue weighted by Gasteiger charge is 2.49. The number of alkyl halides is 3. The zero-order valence-electron chi connectivity index (χ0n) is 22.4. The second-order valence-corrected chi connectivity index (χ2v) is 10.1. The van der Waals surface area contributed by atoms with Gasteiger partial charge < -0.3 is 9.57 Å². The smallest absolute Gasteiger partial charge is 0.489 e. The molecule has 2 N–H and O–H groups in total. The molecule has 2 amide bonds. The molecule has 1 fully saturated rings. The highest BCUT2D eigenvalue weighted by molar-refractivity contribution is 5.95. The molecule has 12 heteroatoms. The SMILES string of the molecule is Cc1cc(COc2ccc(C(=O)N(OC(=O)C(F)(F)F)C3(CC(=O)NO)CCCCCC3)cc2)c2ccccc2n1. The van der Waals surface area contributed by atoms with E-state index in [-0.39, 0.29) is 25.0 Å². The maximum atomic E-state index is 13.6. The molecule has 0 atom stereocenters. The number of nitrogens with one attached hydrogen (secondary N) is 1. The number of fused-ring (bicyclic) bond motifs is 1. The van der Waals surface area contributed by atoms with Crippen LogP contribution in [0.25, 0.3) is 10.9 Å². The number of hydrogen-bond acceptors (Lipinski definition) is 7. The van der Waals surface area contributed by atoms with Crippen molar-refractivity contribution in [3.05, 3.63) is 71.4 Å². The van der Waals surface area contributed by atoms with E-state index in [2.05, 4.69) is 9.82 Å². The first-order valence-corrected chi connectivity index (χ1v) is 13.2. The lowest BCUT2D eigenvalue weighted by Crippen LogP contribution is -2.55. The molecule has 9 nitrogen and oxygen atoms in total. The number of carbonyl (C=O) groups is 3. The number of nitrogens with zero attached hydrogens (tertiary/aromatic N) is 2. The molecule has 0 spiro atoms. The lowest BCUT2D eigenvalue weighted by atomic mass is 9.85. The minimum absolute atomic E-state index is 0.0782. The van der Waals surface area contributed by atoms with E-state index >= 15 is 0 Å². The third kappa shape index (κ3) is 7.12. The van der Waals surface area contributed by atoms with Gasteiger partial charge in [-0.25, -0.2) is 10.3 Å². The van der Waals surface area contributed by atoms with E-state index in [1.54, 1.807) is 0 Å². The lowest BCUT2D eigenvalue weighted by Gasteiger charge is -2.41. The quantitative estimate of drug-likeness (QED) is 0.215. The molecular formula is C29H30F3N3O6. The number of hydrogen-bond donors (Lipinski definition) is 2. The summed E-state index contributed by atoms with van der Waals surface area (Å²) in [5, 5.41) is 10.4. The summed E-state index contributed by atoms with van der Waals surface area (Å²) in [4.78, 5) is 46.9. The summed E-state index contributed by atoms with van der Waals surface area (Å²) in [6.07, 6.45) is -3.36. The van der Waals surface area contributed by atoms with Crippen LogP contribution in [0.1, 0.15) is 66.6 Å². The highest BCUT2D eigenvalue weighted by atomic mass is 19.4. The number of para-hydroxylation sites is 1. The average molecular weight is 574 g/mol. The maximum Gasteiger partial charge on any atom is 0.493 e. The highest BCUT2D eigenvalue weighted by Crippen LogP contribution is 2.38. The largest absolute Gasteiger partial charge is 0.493 e. The number of rotatable bonds is 7. The van der Waals surface area contributed by atoms with Crippen molar-refractivity contribution in [2.45, 2.75) is 70.2 Å². The molecular weight excluding hydrogens is 543 g/mol. The van der Waals surface area contributed by atoms with Gasteiger partial charge in [0.1, 0.15) is 12.4 Å². The van der Waals surface area contributed by atoms with Crippen LogP contribution in [0.3, 0.4) is 0 Å². The molecule has 1 aliphatic carbocycles. The monoisotopic (exact) mass is 573 g/mol. The number of aromatic nitrogens is 1. The van der Waals surface area contributed by atoms with Crippen LogP contribution in [0, 0.1) is 6.92 Å². The van der Waals surface area contributed by atoms with E-state index in [0.717, 1.165) is 35.0 Å². The first-order valence-electron chi connectivity index (χ1n) is 13.2. The first kappa shape index (κ1) is 29.8. The zero-order chi connectivity index (χ0) is 29.6. The Kier molecular flexibility index (Phi) is 9.11. The molecule has 1 aliphatic rings. The first-order chi connectivity index (χ1) is 19.5. The number of carbonyl (C=O) groups excluding carboxylic acids is 3. The van der Waals surface area contributed by atoms with Crippen LogP contribution in [-0.4, -0.2) is 44.8 Å². The number of pyridine rings is 1. The predicted molar refractivity (Wildman–Crippen MR) is 141 cm³/mol. The van der Waals surface area contributed by atoms with Crippen molar-refractivity contribution in [3.63, 3.8) is 0 Å². The van der Waals surface area contributed by atoms with Crippen molar-refractivity contribution < 1.29 is 42.3 Å². The summed E-state index contributed by atoms with van der Waals surface area (Å²) in [5.41, 5.74) is 2.34. The van der Waals surface area contributed by atoms with Gasteiger partial charge in [-0.15, -0.1) is 0 Å². The van der Waals surface area contributed by atoms with Crippen LogP contribution >= 0.6 is 0 Å². The Bertz CT molecular complexity index is 1400. The van der Waals surface area contributed by atoms with Gasteiger partial charge in [-0.2, -0.15) is 18.2 Å². The van der Waals surface area contributed by atoms with Gasteiger partial charge in [-0.05, 0) is 56.2 Å². The van der Waals surface area contributed by atoms with Crippen LogP contribution < -0.4 is 10.2 Å². The topological polar surface area (TPSA) is 118 Å². The van der Waals surface area contributed by atoms with E-state index in [0.29, 0.717) is 23.7 Å². The molecule has 41 heavy (non-hydrogen) atoms. The summed E-state index contributed by atoms with van der Waals surface area (Å²) < 4.78 is 45.6. The molecule has 218 valence electrons. The van der Waals surface area contributed by atoms with Crippen molar-refractivity contribution >= 4 is 28.7 Å². The molecule has 1 aromatic heterocycles. The Morgan fingerprint density at radius 1 is 1.02 bits per heavy atom. The molecule has 0 radical (unpaired) electrons. The van der Waals surface area contributed by atoms with Gasteiger partial charge in [0, 0.05) is 22.2 Å². The normalized spacial score (nSPS) is 15.0. The Hall–Kier alpha value is -4.19. The van der Waals surface area contributed by atoms with Crippen LogP contribution in [-0.2, 0) is 21.0 Å². The molecule has 1 heterocycles. The molecule has 4 rings (SSSR count). The molecule has 1 saturated carbocycles. The Labute approximate surface area is 234 Å². The van der Waals surface area contributed by atoms with Crippen LogP contribution in [0.4, 0.5) is 13.2 Å². The summed E-state index contributed by atoms with van der Waals surface area (Å²) in [5.74, 6) is -4.14. The lowest BCUT2D eigenvalue weighted by molar-refractivity contribution is -0.246. The zero-order valence-corrected chi connectivity index (χ0v) is 22.4. The van der Waals surface area contributed by atoms with Gasteiger partial charge in [0.05, 0.1) is 17.5 Å². The van der Waals surface area contributed by atoms with Crippen molar-refractivity contribution in [1.29, 1.82) is 0 Å². The van der Waals surface area contributed by atoms with E-state index < -0.39 is 35.9 Å². The van der Waals surface area contributed by atoms with Gasteiger partial charge in [0.2, 0.25) is 5.91 Å². The van der Waals surface area contributed by atoms with Gasteiger partial charge in [0.25, 0.3) is 5.91 Å². The van der Waals surface area contributed by atoms with Crippen molar-refractivity contribution in [1.82, 2.24) is 15.5 Å². The van der Waals surface area contributed by atoms with Crippen molar-refractivity contribution in [2.75, 3.05) is 0 Å². The van der Waals surface area contributed by atoms with Crippen molar-refractivity contribution in [2.24, 2.45) is 0 Å². The number of halogens is 3. The fourth-order valence-electron chi connectivity index (χ4n) is 5.15. The molecule has 0 bridgehead atoms. The Balaban J connectivity index is 1.60. The summed E-state index contributed by atoms with van der Waals surface area (Å²) in [6, 6.07) is 15.2. The molecule has 0 aliphatic heterocycles. The van der Waals surface area contributed by atoms with Gasteiger partial charge in [-0.1, -0.05) is 43.9 Å². The number of amides is 2. The number of ether oxygens (including phenoxy) is 1.